The molecule has 0 aromatic heterocycles. The molecule has 0 saturated heterocycles. The van der Waals surface area contributed by atoms with E-state index in [0.29, 0.717) is 11.3 Å². The van der Waals surface area contributed by atoms with Gasteiger partial charge in [0.25, 0.3) is 0 Å². The summed E-state index contributed by atoms with van der Waals surface area (Å²) in [6.45, 7) is 0. The lowest BCUT2D eigenvalue weighted by Crippen LogP contribution is -2.45. The first kappa shape index (κ1) is 18.9. The van der Waals surface area contributed by atoms with Crippen molar-refractivity contribution in [3.63, 3.8) is 0 Å². The SMILES string of the molecule is NC(=O)[C@H](CC[S@](=O)c1ccccc1)NC(=O)CCc1ccccc1. The summed E-state index contributed by atoms with van der Waals surface area (Å²) in [5.74, 6) is -0.590. The molecule has 0 fully saturated rings. The van der Waals surface area contributed by atoms with Crippen molar-refractivity contribution in [2.45, 2.75) is 30.2 Å². The molecule has 5 nitrogen and oxygen atoms in total. The Kier molecular flexibility index (Phi) is 7.35. The van der Waals surface area contributed by atoms with Crippen LogP contribution >= 0.6 is 0 Å². The van der Waals surface area contributed by atoms with Crippen LogP contribution in [0.25, 0.3) is 0 Å². The number of carbonyl (C=O) groups excluding carboxylic acids is 2. The molecule has 0 aliphatic rings. The van der Waals surface area contributed by atoms with Gasteiger partial charge in [-0.3, -0.25) is 13.8 Å². The van der Waals surface area contributed by atoms with E-state index in [-0.39, 0.29) is 24.5 Å². The Morgan fingerprint density at radius 2 is 1.60 bits per heavy atom. The average molecular weight is 358 g/mol. The maximum atomic E-state index is 12.2. The molecule has 0 saturated carbocycles. The lowest BCUT2D eigenvalue weighted by atomic mass is 10.1. The number of rotatable bonds is 9. The van der Waals surface area contributed by atoms with Crippen LogP contribution in [0.1, 0.15) is 18.4 Å². The van der Waals surface area contributed by atoms with Crippen molar-refractivity contribution in [3.8, 4) is 0 Å². The van der Waals surface area contributed by atoms with Crippen LogP contribution in [0, 0.1) is 0 Å². The summed E-state index contributed by atoms with van der Waals surface area (Å²) >= 11 is 0. The highest BCUT2D eigenvalue weighted by Gasteiger charge is 2.19. The molecular formula is C19H22N2O3S. The van der Waals surface area contributed by atoms with Gasteiger partial charge >= 0.3 is 0 Å². The second-order valence-corrected chi connectivity index (χ2v) is 7.23. The van der Waals surface area contributed by atoms with Crippen LogP contribution in [0.5, 0.6) is 0 Å². The van der Waals surface area contributed by atoms with Crippen molar-refractivity contribution in [3.05, 3.63) is 66.2 Å². The molecule has 2 aromatic rings. The van der Waals surface area contributed by atoms with E-state index in [0.717, 1.165) is 5.56 Å². The normalized spacial score (nSPS) is 13.0. The van der Waals surface area contributed by atoms with Gasteiger partial charge in [-0.1, -0.05) is 48.5 Å². The van der Waals surface area contributed by atoms with Gasteiger partial charge in [0.05, 0.1) is 10.8 Å². The van der Waals surface area contributed by atoms with Crippen LogP contribution in [0.3, 0.4) is 0 Å². The number of primary amides is 1. The van der Waals surface area contributed by atoms with Gasteiger partial charge in [-0.15, -0.1) is 0 Å². The Morgan fingerprint density at radius 1 is 1.00 bits per heavy atom. The highest BCUT2D eigenvalue weighted by molar-refractivity contribution is 7.85. The second-order valence-electron chi connectivity index (χ2n) is 5.66. The van der Waals surface area contributed by atoms with Crippen molar-refractivity contribution in [1.29, 1.82) is 0 Å². The zero-order valence-corrected chi connectivity index (χ0v) is 14.7. The summed E-state index contributed by atoms with van der Waals surface area (Å²) in [6, 6.07) is 17.8. The molecule has 0 unspecified atom stereocenters. The predicted molar refractivity (Wildman–Crippen MR) is 98.2 cm³/mol. The molecule has 25 heavy (non-hydrogen) atoms. The van der Waals surface area contributed by atoms with E-state index in [4.69, 9.17) is 5.73 Å². The van der Waals surface area contributed by atoms with Crippen molar-refractivity contribution in [2.75, 3.05) is 5.75 Å². The van der Waals surface area contributed by atoms with Gasteiger partial charge in [0, 0.05) is 17.1 Å². The Morgan fingerprint density at radius 3 is 2.20 bits per heavy atom. The Balaban J connectivity index is 1.82. The monoisotopic (exact) mass is 358 g/mol. The number of nitrogens with one attached hydrogen (secondary N) is 1. The Hall–Kier alpha value is -2.47. The van der Waals surface area contributed by atoms with Crippen LogP contribution in [0.15, 0.2) is 65.6 Å². The van der Waals surface area contributed by atoms with Gasteiger partial charge < -0.3 is 11.1 Å². The van der Waals surface area contributed by atoms with E-state index >= 15 is 0 Å². The third-order valence-electron chi connectivity index (χ3n) is 3.76. The molecule has 0 aliphatic carbocycles. The minimum atomic E-state index is -1.23. The van der Waals surface area contributed by atoms with Gasteiger partial charge in [-0.2, -0.15) is 0 Å². The number of benzene rings is 2. The lowest BCUT2D eigenvalue weighted by molar-refractivity contribution is -0.127. The zero-order valence-electron chi connectivity index (χ0n) is 13.9. The molecule has 132 valence electrons. The first-order valence-corrected chi connectivity index (χ1v) is 9.44. The van der Waals surface area contributed by atoms with Crippen LogP contribution in [0.2, 0.25) is 0 Å². The van der Waals surface area contributed by atoms with E-state index in [1.165, 1.54) is 0 Å². The Bertz CT molecular complexity index is 720. The summed E-state index contributed by atoms with van der Waals surface area (Å²) in [4.78, 5) is 24.3. The van der Waals surface area contributed by atoms with E-state index in [1.54, 1.807) is 12.1 Å². The number of hydrogen-bond acceptors (Lipinski definition) is 3. The standard InChI is InChI=1S/C19H22N2O3S/c20-19(23)17(13-14-25(24)16-9-5-2-6-10-16)21-18(22)12-11-15-7-3-1-4-8-15/h1-10,17H,11-14H2,(H2,20,23)(H,21,22)/t17-,25-/m0/s1. The first-order valence-electron chi connectivity index (χ1n) is 8.12. The summed E-state index contributed by atoms with van der Waals surface area (Å²) < 4.78 is 12.2. The fourth-order valence-corrected chi connectivity index (χ4v) is 3.52. The van der Waals surface area contributed by atoms with Crippen molar-refractivity contribution in [1.82, 2.24) is 5.32 Å². The number of hydrogen-bond donors (Lipinski definition) is 2. The van der Waals surface area contributed by atoms with E-state index in [9.17, 15) is 13.8 Å². The van der Waals surface area contributed by atoms with E-state index in [2.05, 4.69) is 5.32 Å². The number of carbonyl (C=O) groups is 2. The van der Waals surface area contributed by atoms with Crippen molar-refractivity contribution < 1.29 is 13.8 Å². The Labute approximate surface area is 150 Å². The van der Waals surface area contributed by atoms with Gasteiger partial charge in [-0.25, -0.2) is 0 Å². The smallest absolute Gasteiger partial charge is 0.240 e. The van der Waals surface area contributed by atoms with Crippen LogP contribution < -0.4 is 11.1 Å². The van der Waals surface area contributed by atoms with Gasteiger partial charge in [0.15, 0.2) is 0 Å². The number of amides is 2. The minimum Gasteiger partial charge on any atom is -0.368 e. The molecule has 0 radical (unpaired) electrons. The van der Waals surface area contributed by atoms with Gasteiger partial charge in [0.1, 0.15) is 6.04 Å². The summed E-state index contributed by atoms with van der Waals surface area (Å²) in [5.41, 5.74) is 6.42. The molecule has 0 bridgehead atoms. The van der Waals surface area contributed by atoms with E-state index in [1.807, 2.05) is 48.5 Å². The molecule has 2 amide bonds. The number of nitrogens with two attached hydrogens (primary N) is 1. The minimum absolute atomic E-state index is 0.238. The van der Waals surface area contributed by atoms with Crippen molar-refractivity contribution >= 4 is 22.6 Å². The maximum absolute atomic E-state index is 12.2. The molecule has 2 atom stereocenters. The second kappa shape index (κ2) is 9.74. The summed E-state index contributed by atoms with van der Waals surface area (Å²) in [5, 5.41) is 2.65. The zero-order chi connectivity index (χ0) is 18.1. The van der Waals surface area contributed by atoms with Gasteiger partial charge in [-0.05, 0) is 30.5 Å². The molecule has 2 aromatic carbocycles. The fraction of sp³-hybridized carbons (Fsp3) is 0.263. The van der Waals surface area contributed by atoms with Crippen LogP contribution in [0.4, 0.5) is 0 Å². The highest BCUT2D eigenvalue weighted by Crippen LogP contribution is 2.08. The number of aryl methyl sites for hydroxylation is 1. The van der Waals surface area contributed by atoms with E-state index < -0.39 is 22.7 Å². The predicted octanol–water partition coefficient (Wildman–Crippen LogP) is 1.79. The highest BCUT2D eigenvalue weighted by atomic mass is 32.2. The molecule has 0 heterocycles. The third-order valence-corrected chi connectivity index (χ3v) is 5.16. The largest absolute Gasteiger partial charge is 0.368 e. The van der Waals surface area contributed by atoms with Gasteiger partial charge in [0.2, 0.25) is 11.8 Å². The molecule has 0 aliphatic heterocycles. The van der Waals surface area contributed by atoms with Crippen LogP contribution in [-0.2, 0) is 26.8 Å². The third kappa shape index (κ3) is 6.51. The van der Waals surface area contributed by atoms with Crippen LogP contribution in [-0.4, -0.2) is 27.8 Å². The molecule has 3 N–H and O–H groups in total. The molecule has 2 rings (SSSR count). The first-order chi connectivity index (χ1) is 12.1. The summed E-state index contributed by atoms with van der Waals surface area (Å²) in [7, 11) is -1.23. The average Bonchev–Trinajstić information content (AvgIpc) is 2.64. The molecular weight excluding hydrogens is 336 g/mol. The van der Waals surface area contributed by atoms with Crippen molar-refractivity contribution in [2.24, 2.45) is 5.73 Å². The quantitative estimate of drug-likeness (QED) is 0.716. The summed E-state index contributed by atoms with van der Waals surface area (Å²) in [6.07, 6.45) is 1.11. The molecule has 0 spiro atoms. The maximum Gasteiger partial charge on any atom is 0.240 e. The lowest BCUT2D eigenvalue weighted by Gasteiger charge is -2.15. The topological polar surface area (TPSA) is 89.3 Å². The molecule has 6 heteroatoms. The fourth-order valence-electron chi connectivity index (χ4n) is 2.37.